The predicted octanol–water partition coefficient (Wildman–Crippen LogP) is 2.64. The summed E-state index contributed by atoms with van der Waals surface area (Å²) in [7, 11) is 3.64. The van der Waals surface area contributed by atoms with E-state index in [4.69, 9.17) is 9.72 Å². The molecule has 0 aliphatic carbocycles. The van der Waals surface area contributed by atoms with Gasteiger partial charge in [-0.15, -0.1) is 0 Å². The maximum absolute atomic E-state index is 5.28. The van der Waals surface area contributed by atoms with E-state index in [0.29, 0.717) is 6.61 Å². The molecule has 20 heavy (non-hydrogen) atoms. The van der Waals surface area contributed by atoms with Crippen LogP contribution in [0.4, 0.5) is 11.6 Å². The second-order valence-electron chi connectivity index (χ2n) is 5.03. The number of aromatic nitrogens is 2. The molecule has 0 aliphatic rings. The first-order valence-electron chi connectivity index (χ1n) is 7.39. The number of nitrogens with one attached hydrogen (secondary N) is 1. The fourth-order valence-corrected chi connectivity index (χ4v) is 2.41. The molecule has 1 unspecified atom stereocenters. The molecule has 5 heteroatoms. The zero-order valence-electron chi connectivity index (χ0n) is 13.7. The molecule has 1 atom stereocenters. The molecular formula is C15H28N4O. The van der Waals surface area contributed by atoms with Gasteiger partial charge in [0.15, 0.2) is 0 Å². The third kappa shape index (κ3) is 3.82. The van der Waals surface area contributed by atoms with Gasteiger partial charge in [0.2, 0.25) is 0 Å². The number of rotatable bonds is 8. The third-order valence-corrected chi connectivity index (χ3v) is 3.43. The highest BCUT2D eigenvalue weighted by Gasteiger charge is 2.19. The van der Waals surface area contributed by atoms with Crippen molar-refractivity contribution in [2.75, 3.05) is 37.5 Å². The molecule has 0 amide bonds. The summed E-state index contributed by atoms with van der Waals surface area (Å²) in [4.78, 5) is 11.6. The van der Waals surface area contributed by atoms with E-state index in [9.17, 15) is 0 Å². The van der Waals surface area contributed by atoms with Gasteiger partial charge in [-0.1, -0.05) is 6.92 Å². The van der Waals surface area contributed by atoms with Crippen molar-refractivity contribution in [1.29, 1.82) is 0 Å². The first-order chi connectivity index (χ1) is 9.58. The van der Waals surface area contributed by atoms with Crippen molar-refractivity contribution in [3.8, 4) is 0 Å². The van der Waals surface area contributed by atoms with Gasteiger partial charge in [-0.05, 0) is 27.2 Å². The Morgan fingerprint density at radius 1 is 1.30 bits per heavy atom. The molecule has 0 aliphatic heterocycles. The van der Waals surface area contributed by atoms with Crippen LogP contribution in [0.15, 0.2) is 0 Å². The van der Waals surface area contributed by atoms with Crippen LogP contribution in [0.1, 0.15) is 38.6 Å². The second-order valence-corrected chi connectivity index (χ2v) is 5.03. The van der Waals surface area contributed by atoms with Crippen molar-refractivity contribution in [1.82, 2.24) is 9.97 Å². The summed E-state index contributed by atoms with van der Waals surface area (Å²) in [6.07, 6.45) is 1.95. The highest BCUT2D eigenvalue weighted by Crippen LogP contribution is 2.25. The fraction of sp³-hybridized carbons (Fsp3) is 0.733. The summed E-state index contributed by atoms with van der Waals surface area (Å²) in [5.74, 6) is 2.84. The number of methoxy groups -OCH3 is 1. The molecule has 0 saturated carbocycles. The van der Waals surface area contributed by atoms with Crippen LogP contribution in [-0.4, -0.2) is 43.3 Å². The number of nitrogens with zero attached hydrogens (tertiary/aromatic N) is 3. The number of anilines is 2. The molecule has 0 bridgehead atoms. The summed E-state index contributed by atoms with van der Waals surface area (Å²) in [5, 5.41) is 3.18. The topological polar surface area (TPSA) is 50.3 Å². The third-order valence-electron chi connectivity index (χ3n) is 3.43. The molecule has 0 saturated heterocycles. The number of aryl methyl sites for hydroxylation is 1. The van der Waals surface area contributed by atoms with Gasteiger partial charge in [-0.25, -0.2) is 9.97 Å². The van der Waals surface area contributed by atoms with Crippen LogP contribution < -0.4 is 10.2 Å². The smallest absolute Gasteiger partial charge is 0.137 e. The lowest BCUT2D eigenvalue weighted by Gasteiger charge is -2.30. The number of likely N-dealkylation sites (N-methyl/N-ethyl adjacent to an activating group) is 1. The Kier molecular flexibility index (Phi) is 6.71. The normalized spacial score (nSPS) is 12.3. The molecule has 5 nitrogen and oxygen atoms in total. The minimum Gasteiger partial charge on any atom is -0.383 e. The minimum absolute atomic E-state index is 0.290. The average Bonchev–Trinajstić information content (AvgIpc) is 2.43. The Labute approximate surface area is 122 Å². The monoisotopic (exact) mass is 280 g/mol. The zero-order valence-corrected chi connectivity index (χ0v) is 13.7. The number of hydrogen-bond donors (Lipinski definition) is 1. The lowest BCUT2D eigenvalue weighted by Crippen LogP contribution is -2.37. The molecular weight excluding hydrogens is 252 g/mol. The lowest BCUT2D eigenvalue weighted by molar-refractivity contribution is 0.181. The summed E-state index contributed by atoms with van der Waals surface area (Å²) in [6.45, 7) is 10.1. The van der Waals surface area contributed by atoms with E-state index >= 15 is 0 Å². The molecule has 0 spiro atoms. The quantitative estimate of drug-likeness (QED) is 0.793. The number of ether oxygens (including phenoxy) is 1. The van der Waals surface area contributed by atoms with Crippen LogP contribution in [0.2, 0.25) is 0 Å². The van der Waals surface area contributed by atoms with Crippen molar-refractivity contribution in [3.05, 3.63) is 11.4 Å². The molecule has 1 N–H and O–H groups in total. The van der Waals surface area contributed by atoms with Gasteiger partial charge < -0.3 is 15.0 Å². The van der Waals surface area contributed by atoms with Crippen molar-refractivity contribution < 1.29 is 4.74 Å². The SMILES string of the molecule is CCCc1nc(NC)c(C)c(N(CC)C(C)COC)n1. The van der Waals surface area contributed by atoms with Gasteiger partial charge in [-0.2, -0.15) is 0 Å². The molecule has 114 valence electrons. The molecule has 1 aromatic heterocycles. The summed E-state index contributed by atoms with van der Waals surface area (Å²) >= 11 is 0. The van der Waals surface area contributed by atoms with Gasteiger partial charge in [0, 0.05) is 32.7 Å². The molecule has 0 fully saturated rings. The van der Waals surface area contributed by atoms with Crippen LogP contribution in [-0.2, 0) is 11.2 Å². The van der Waals surface area contributed by atoms with E-state index in [1.165, 1.54) is 0 Å². The van der Waals surface area contributed by atoms with Gasteiger partial charge in [0.05, 0.1) is 12.6 Å². The Balaban J connectivity index is 3.21. The van der Waals surface area contributed by atoms with E-state index < -0.39 is 0 Å². The standard InChI is InChI=1S/C15H28N4O/c1-7-9-13-17-14(16-5)12(4)15(18-13)19(8-2)11(3)10-20-6/h11H,7-10H2,1-6H3,(H,16,17,18). The van der Waals surface area contributed by atoms with Crippen molar-refractivity contribution >= 4 is 11.6 Å². The van der Waals surface area contributed by atoms with Crippen LogP contribution in [0.25, 0.3) is 0 Å². The average molecular weight is 280 g/mol. The van der Waals surface area contributed by atoms with Gasteiger partial charge >= 0.3 is 0 Å². The van der Waals surface area contributed by atoms with E-state index in [0.717, 1.165) is 42.4 Å². The number of hydrogen-bond acceptors (Lipinski definition) is 5. The second kappa shape index (κ2) is 8.04. The Morgan fingerprint density at radius 3 is 2.50 bits per heavy atom. The Hall–Kier alpha value is -1.36. The maximum Gasteiger partial charge on any atom is 0.137 e. The summed E-state index contributed by atoms with van der Waals surface area (Å²) in [6, 6.07) is 0.290. The highest BCUT2D eigenvalue weighted by atomic mass is 16.5. The van der Waals surface area contributed by atoms with E-state index in [-0.39, 0.29) is 6.04 Å². The minimum atomic E-state index is 0.290. The molecule has 1 heterocycles. The zero-order chi connectivity index (χ0) is 15.1. The Morgan fingerprint density at radius 2 is 2.00 bits per heavy atom. The van der Waals surface area contributed by atoms with Crippen LogP contribution in [0, 0.1) is 6.92 Å². The van der Waals surface area contributed by atoms with Gasteiger partial charge in [-0.3, -0.25) is 0 Å². The summed E-state index contributed by atoms with van der Waals surface area (Å²) < 4.78 is 5.28. The van der Waals surface area contributed by atoms with E-state index in [1.807, 2.05) is 7.05 Å². The molecule has 1 aromatic rings. The Bertz CT molecular complexity index is 423. The predicted molar refractivity (Wildman–Crippen MR) is 84.7 cm³/mol. The van der Waals surface area contributed by atoms with Gasteiger partial charge in [0.25, 0.3) is 0 Å². The van der Waals surface area contributed by atoms with Crippen molar-refractivity contribution in [3.63, 3.8) is 0 Å². The van der Waals surface area contributed by atoms with Crippen molar-refractivity contribution in [2.24, 2.45) is 0 Å². The molecule has 0 radical (unpaired) electrons. The van der Waals surface area contributed by atoms with Crippen LogP contribution in [0.5, 0.6) is 0 Å². The summed E-state index contributed by atoms with van der Waals surface area (Å²) in [5.41, 5.74) is 1.09. The van der Waals surface area contributed by atoms with Crippen molar-refractivity contribution in [2.45, 2.75) is 46.6 Å². The van der Waals surface area contributed by atoms with Crippen LogP contribution in [0.3, 0.4) is 0 Å². The molecule has 0 aromatic carbocycles. The van der Waals surface area contributed by atoms with Crippen LogP contribution >= 0.6 is 0 Å². The van der Waals surface area contributed by atoms with E-state index in [1.54, 1.807) is 7.11 Å². The highest BCUT2D eigenvalue weighted by molar-refractivity contribution is 5.58. The molecule has 1 rings (SSSR count). The van der Waals surface area contributed by atoms with Gasteiger partial charge in [0.1, 0.15) is 17.5 Å². The first-order valence-corrected chi connectivity index (χ1v) is 7.39. The van der Waals surface area contributed by atoms with E-state index in [2.05, 4.69) is 42.9 Å². The first kappa shape index (κ1) is 16.7. The largest absolute Gasteiger partial charge is 0.383 e. The lowest BCUT2D eigenvalue weighted by atomic mass is 10.2. The maximum atomic E-state index is 5.28. The fourth-order valence-electron chi connectivity index (χ4n) is 2.41.